The lowest BCUT2D eigenvalue weighted by molar-refractivity contribution is 0.601. The predicted octanol–water partition coefficient (Wildman–Crippen LogP) is 4.48. The van der Waals surface area contributed by atoms with Crippen molar-refractivity contribution in [1.82, 2.24) is 9.97 Å². The number of para-hydroxylation sites is 1. The van der Waals surface area contributed by atoms with Crippen molar-refractivity contribution in [2.45, 2.75) is 11.8 Å². The van der Waals surface area contributed by atoms with Crippen LogP contribution in [0.5, 0.6) is 0 Å². The van der Waals surface area contributed by atoms with Crippen molar-refractivity contribution in [3.8, 4) is 0 Å². The maximum absolute atomic E-state index is 12.5. The minimum absolute atomic E-state index is 0.219. The van der Waals surface area contributed by atoms with Crippen LogP contribution in [0.15, 0.2) is 84.0 Å². The fraction of sp³-hybridized carbons (Fsp3) is 0.0476. The largest absolute Gasteiger partial charge is 0.338 e. The van der Waals surface area contributed by atoms with E-state index in [0.29, 0.717) is 11.5 Å². The molecule has 2 aromatic heterocycles. The third-order valence-corrected chi connectivity index (χ3v) is 5.59. The Morgan fingerprint density at radius 3 is 2.50 bits per heavy atom. The van der Waals surface area contributed by atoms with Gasteiger partial charge >= 0.3 is 0 Å². The number of fused-ring (bicyclic) bond motifs is 1. The first-order chi connectivity index (χ1) is 13.5. The molecular weight excluding hydrogens is 372 g/mol. The van der Waals surface area contributed by atoms with Gasteiger partial charge in [0.1, 0.15) is 5.82 Å². The van der Waals surface area contributed by atoms with Gasteiger partial charge in [0.2, 0.25) is 0 Å². The molecule has 4 rings (SSSR count). The highest BCUT2D eigenvalue weighted by atomic mass is 32.2. The zero-order chi connectivity index (χ0) is 19.6. The van der Waals surface area contributed by atoms with E-state index in [1.54, 1.807) is 36.5 Å². The molecule has 0 aliphatic carbocycles. The summed E-state index contributed by atoms with van der Waals surface area (Å²) in [5.41, 5.74) is 2.95. The highest BCUT2D eigenvalue weighted by Gasteiger charge is 2.14. The summed E-state index contributed by atoms with van der Waals surface area (Å²) < 4.78 is 27.6. The first kappa shape index (κ1) is 17.9. The van der Waals surface area contributed by atoms with Crippen LogP contribution >= 0.6 is 0 Å². The van der Waals surface area contributed by atoms with Crippen LogP contribution in [-0.4, -0.2) is 18.4 Å². The molecule has 6 nitrogen and oxygen atoms in total. The van der Waals surface area contributed by atoms with Crippen molar-refractivity contribution in [2.75, 3.05) is 10.0 Å². The van der Waals surface area contributed by atoms with Gasteiger partial charge in [0.15, 0.2) is 0 Å². The Morgan fingerprint density at radius 2 is 1.71 bits per heavy atom. The van der Waals surface area contributed by atoms with E-state index in [1.807, 2.05) is 43.3 Å². The van der Waals surface area contributed by atoms with E-state index in [1.165, 1.54) is 6.20 Å². The summed E-state index contributed by atoms with van der Waals surface area (Å²) in [4.78, 5) is 8.93. The van der Waals surface area contributed by atoms with Crippen LogP contribution in [0.1, 0.15) is 5.56 Å². The molecule has 0 bridgehead atoms. The molecule has 0 atom stereocenters. The molecule has 0 saturated heterocycles. The first-order valence-corrected chi connectivity index (χ1v) is 10.2. The molecule has 0 aliphatic heterocycles. The van der Waals surface area contributed by atoms with Gasteiger partial charge in [0.25, 0.3) is 10.0 Å². The third-order valence-electron chi connectivity index (χ3n) is 4.21. The number of aromatic nitrogens is 2. The number of hydrogen-bond donors (Lipinski definition) is 2. The number of nitrogens with zero attached hydrogens (tertiary/aromatic N) is 2. The van der Waals surface area contributed by atoms with E-state index in [0.717, 1.165) is 22.2 Å². The van der Waals surface area contributed by atoms with Crippen molar-refractivity contribution in [1.29, 1.82) is 0 Å². The van der Waals surface area contributed by atoms with Gasteiger partial charge in [-0.1, -0.05) is 30.3 Å². The number of benzene rings is 2. The molecule has 140 valence electrons. The number of rotatable bonds is 5. The molecule has 2 N–H and O–H groups in total. The second-order valence-electron chi connectivity index (χ2n) is 6.36. The van der Waals surface area contributed by atoms with E-state index in [9.17, 15) is 8.42 Å². The van der Waals surface area contributed by atoms with Gasteiger partial charge in [0.05, 0.1) is 28.0 Å². The van der Waals surface area contributed by atoms with Gasteiger partial charge in [-0.2, -0.15) is 0 Å². The molecule has 0 saturated carbocycles. The fourth-order valence-electron chi connectivity index (χ4n) is 2.87. The molecule has 0 fully saturated rings. The molecule has 0 aliphatic rings. The summed E-state index contributed by atoms with van der Waals surface area (Å²) in [5, 5.41) is 4.25. The highest BCUT2D eigenvalue weighted by Crippen LogP contribution is 2.24. The van der Waals surface area contributed by atoms with Crippen LogP contribution in [0.3, 0.4) is 0 Å². The van der Waals surface area contributed by atoms with E-state index < -0.39 is 10.0 Å². The number of sulfonamides is 1. The Labute approximate surface area is 163 Å². The van der Waals surface area contributed by atoms with Gasteiger partial charge in [-0.05, 0) is 48.9 Å². The molecule has 4 aromatic rings. The molecule has 28 heavy (non-hydrogen) atoms. The zero-order valence-corrected chi connectivity index (χ0v) is 15.9. The van der Waals surface area contributed by atoms with Crippen LogP contribution in [0.25, 0.3) is 10.9 Å². The standard InChI is InChI=1S/C21H18N4O2S/c1-15-5-2-8-18(13-15)28(26,27)25-17-10-11-20(23-14-17)24-19-9-3-6-16-7-4-12-22-21(16)19/h2-14,25H,1H3,(H,23,24). The smallest absolute Gasteiger partial charge is 0.261 e. The van der Waals surface area contributed by atoms with Gasteiger partial charge in [0, 0.05) is 11.6 Å². The predicted molar refractivity (Wildman–Crippen MR) is 111 cm³/mol. The lowest BCUT2D eigenvalue weighted by atomic mass is 10.2. The maximum atomic E-state index is 12.5. The second-order valence-corrected chi connectivity index (χ2v) is 8.04. The van der Waals surface area contributed by atoms with Gasteiger partial charge in [-0.15, -0.1) is 0 Å². The van der Waals surface area contributed by atoms with Crippen LogP contribution in [0.4, 0.5) is 17.2 Å². The number of aryl methyl sites for hydroxylation is 1. The summed E-state index contributed by atoms with van der Waals surface area (Å²) in [6.07, 6.45) is 3.22. The maximum Gasteiger partial charge on any atom is 0.261 e. The Kier molecular flexibility index (Phi) is 4.67. The highest BCUT2D eigenvalue weighted by molar-refractivity contribution is 7.92. The molecule has 2 aromatic carbocycles. The van der Waals surface area contributed by atoms with E-state index in [4.69, 9.17) is 0 Å². The Balaban J connectivity index is 1.54. The lowest BCUT2D eigenvalue weighted by Gasteiger charge is -2.11. The van der Waals surface area contributed by atoms with Crippen molar-refractivity contribution in [2.24, 2.45) is 0 Å². The Bertz CT molecular complexity index is 1230. The quantitative estimate of drug-likeness (QED) is 0.525. The van der Waals surface area contributed by atoms with Crippen LogP contribution in [0.2, 0.25) is 0 Å². The fourth-order valence-corrected chi connectivity index (χ4v) is 4.02. The average molecular weight is 390 g/mol. The van der Waals surface area contributed by atoms with Gasteiger partial charge < -0.3 is 5.32 Å². The normalized spacial score (nSPS) is 11.3. The zero-order valence-electron chi connectivity index (χ0n) is 15.1. The van der Waals surface area contributed by atoms with Crippen LogP contribution < -0.4 is 10.0 Å². The van der Waals surface area contributed by atoms with Crippen LogP contribution in [0, 0.1) is 6.92 Å². The SMILES string of the molecule is Cc1cccc(S(=O)(=O)Nc2ccc(Nc3cccc4cccnc34)nc2)c1. The van der Waals surface area contributed by atoms with Crippen molar-refractivity contribution >= 4 is 38.1 Å². The van der Waals surface area contributed by atoms with Crippen molar-refractivity contribution in [3.05, 3.63) is 84.7 Å². The summed E-state index contributed by atoms with van der Waals surface area (Å²) in [6.45, 7) is 1.85. The summed E-state index contributed by atoms with van der Waals surface area (Å²) >= 11 is 0. The minimum atomic E-state index is -3.66. The Morgan fingerprint density at radius 1 is 0.893 bits per heavy atom. The molecule has 0 amide bonds. The molecule has 7 heteroatoms. The molecular formula is C21H18N4O2S. The monoisotopic (exact) mass is 390 g/mol. The van der Waals surface area contributed by atoms with Gasteiger partial charge in [-0.3, -0.25) is 9.71 Å². The average Bonchev–Trinajstić information content (AvgIpc) is 2.70. The lowest BCUT2D eigenvalue weighted by Crippen LogP contribution is -2.13. The van der Waals surface area contributed by atoms with E-state index in [2.05, 4.69) is 20.0 Å². The molecule has 2 heterocycles. The molecule has 0 radical (unpaired) electrons. The number of hydrogen-bond acceptors (Lipinski definition) is 5. The summed E-state index contributed by atoms with van der Waals surface area (Å²) in [6, 6.07) is 19.9. The summed E-state index contributed by atoms with van der Waals surface area (Å²) in [7, 11) is -3.66. The first-order valence-electron chi connectivity index (χ1n) is 8.68. The van der Waals surface area contributed by atoms with Crippen molar-refractivity contribution in [3.63, 3.8) is 0 Å². The topological polar surface area (TPSA) is 84.0 Å². The molecule has 0 unspecified atom stereocenters. The second kappa shape index (κ2) is 7.28. The summed E-state index contributed by atoms with van der Waals surface area (Å²) in [5.74, 6) is 0.594. The number of nitrogens with one attached hydrogen (secondary N) is 2. The Hall–Kier alpha value is -3.45. The van der Waals surface area contributed by atoms with Crippen LogP contribution in [-0.2, 0) is 10.0 Å². The number of anilines is 3. The molecule has 0 spiro atoms. The van der Waals surface area contributed by atoms with Gasteiger partial charge in [-0.25, -0.2) is 13.4 Å². The van der Waals surface area contributed by atoms with E-state index >= 15 is 0 Å². The number of pyridine rings is 2. The third kappa shape index (κ3) is 3.79. The van der Waals surface area contributed by atoms with Crippen molar-refractivity contribution < 1.29 is 8.42 Å². The minimum Gasteiger partial charge on any atom is -0.338 e. The van der Waals surface area contributed by atoms with E-state index in [-0.39, 0.29) is 4.90 Å².